The van der Waals surface area contributed by atoms with Crippen LogP contribution in [0.5, 0.6) is 0 Å². The Kier molecular flexibility index (Phi) is 6.96. The number of benzene rings is 3. The number of aromatic nitrogens is 1. The second-order valence-electron chi connectivity index (χ2n) is 11.7. The Balaban J connectivity index is 1.52. The number of hydrogen-bond donors (Lipinski definition) is 0. The molecule has 4 aromatic rings. The van der Waals surface area contributed by atoms with Crippen LogP contribution in [0.15, 0.2) is 136 Å². The Morgan fingerprint density at radius 2 is 1.54 bits per heavy atom. The molecule has 1 nitrogen and oxygen atoms in total. The standard InChI is InChI=1S/C39H39NS/c1-29(2)30-22-24-34(25-23-30)41(32-16-8-4-9-17-32,33-18-10-5-11-19-33)35-26-27-39-37(28-35)36-20-12-13-21-38(36)40(39)31-14-6-3-7-15-31/h3-6,8-12,14,16-18,20,22-29,33H,7,13,15,19,21H2,1-2H3. The molecule has 206 valence electrons. The molecule has 0 saturated carbocycles. The van der Waals surface area contributed by atoms with Gasteiger partial charge in [0.05, 0.1) is 5.52 Å². The van der Waals surface area contributed by atoms with E-state index in [1.54, 1.807) is 0 Å². The predicted octanol–water partition coefficient (Wildman–Crippen LogP) is 11.1. The molecule has 0 amide bonds. The van der Waals surface area contributed by atoms with Gasteiger partial charge in [0.1, 0.15) is 0 Å². The highest BCUT2D eigenvalue weighted by atomic mass is 32.3. The maximum Gasteiger partial charge on any atom is 0.0535 e. The molecule has 1 heterocycles. The number of allylic oxidation sites excluding steroid dienone is 8. The van der Waals surface area contributed by atoms with Gasteiger partial charge in [-0.2, -0.15) is 10.0 Å². The first-order valence-electron chi connectivity index (χ1n) is 15.2. The zero-order chi connectivity index (χ0) is 27.8. The highest BCUT2D eigenvalue weighted by Gasteiger charge is 2.38. The van der Waals surface area contributed by atoms with Gasteiger partial charge in [0.25, 0.3) is 0 Å². The summed E-state index contributed by atoms with van der Waals surface area (Å²) in [5, 5.41) is 1.78. The van der Waals surface area contributed by atoms with Crippen LogP contribution in [0.25, 0.3) is 22.7 Å². The minimum absolute atomic E-state index is 0.386. The molecule has 3 aromatic carbocycles. The highest BCUT2D eigenvalue weighted by molar-refractivity contribution is 8.34. The summed E-state index contributed by atoms with van der Waals surface area (Å²) >= 11 is 0. The summed E-state index contributed by atoms with van der Waals surface area (Å²) < 4.78 is 2.58. The summed E-state index contributed by atoms with van der Waals surface area (Å²) in [4.78, 5) is 4.34. The van der Waals surface area contributed by atoms with Crippen LogP contribution in [-0.4, -0.2) is 9.82 Å². The topological polar surface area (TPSA) is 4.93 Å². The first kappa shape index (κ1) is 26.2. The van der Waals surface area contributed by atoms with E-state index >= 15 is 0 Å². The van der Waals surface area contributed by atoms with Crippen molar-refractivity contribution in [3.8, 4) is 0 Å². The van der Waals surface area contributed by atoms with Crippen LogP contribution in [0.2, 0.25) is 0 Å². The Morgan fingerprint density at radius 1 is 0.756 bits per heavy atom. The molecule has 2 heteroatoms. The fourth-order valence-electron chi connectivity index (χ4n) is 6.96. The Hall–Kier alpha value is -3.75. The van der Waals surface area contributed by atoms with Gasteiger partial charge in [-0.25, -0.2) is 0 Å². The molecule has 7 rings (SSSR count). The molecule has 1 aromatic heterocycles. The maximum absolute atomic E-state index is 2.58. The van der Waals surface area contributed by atoms with Gasteiger partial charge in [-0.3, -0.25) is 0 Å². The molecule has 2 atom stereocenters. The van der Waals surface area contributed by atoms with Crippen molar-refractivity contribution >= 4 is 32.7 Å². The maximum atomic E-state index is 2.58. The second-order valence-corrected chi connectivity index (χ2v) is 15.1. The molecular formula is C39H39NS. The van der Waals surface area contributed by atoms with Crippen molar-refractivity contribution in [3.05, 3.63) is 138 Å². The van der Waals surface area contributed by atoms with Crippen LogP contribution in [0.3, 0.4) is 0 Å². The van der Waals surface area contributed by atoms with Gasteiger partial charge in [0.15, 0.2) is 0 Å². The lowest BCUT2D eigenvalue weighted by molar-refractivity contribution is 0.863. The molecule has 41 heavy (non-hydrogen) atoms. The van der Waals surface area contributed by atoms with Gasteiger partial charge < -0.3 is 4.57 Å². The molecule has 0 saturated heterocycles. The lowest BCUT2D eigenvalue weighted by Crippen LogP contribution is -2.19. The van der Waals surface area contributed by atoms with E-state index in [9.17, 15) is 0 Å². The summed E-state index contributed by atoms with van der Waals surface area (Å²) in [5.74, 6) is 0.515. The summed E-state index contributed by atoms with van der Waals surface area (Å²) in [6, 6.07) is 28.5. The number of rotatable bonds is 6. The normalized spacial score (nSPS) is 20.2. The number of fused-ring (bicyclic) bond motifs is 3. The van der Waals surface area contributed by atoms with Crippen LogP contribution in [0.1, 0.15) is 62.3 Å². The van der Waals surface area contributed by atoms with Crippen LogP contribution in [0.4, 0.5) is 0 Å². The lowest BCUT2D eigenvalue weighted by Gasteiger charge is -2.47. The van der Waals surface area contributed by atoms with E-state index in [1.165, 1.54) is 48.1 Å². The van der Waals surface area contributed by atoms with Crippen LogP contribution in [0, 0.1) is 0 Å². The monoisotopic (exact) mass is 553 g/mol. The van der Waals surface area contributed by atoms with Gasteiger partial charge in [0, 0.05) is 27.6 Å². The average Bonchev–Trinajstić information content (AvgIpc) is 3.37. The summed E-state index contributed by atoms with van der Waals surface area (Å²) in [6.45, 7) is 4.57. The third kappa shape index (κ3) is 4.41. The van der Waals surface area contributed by atoms with E-state index in [1.807, 2.05) is 0 Å². The van der Waals surface area contributed by atoms with Gasteiger partial charge in [-0.05, 0) is 107 Å². The van der Waals surface area contributed by atoms with Gasteiger partial charge in [-0.15, -0.1) is 0 Å². The molecule has 0 aliphatic heterocycles. The Labute approximate surface area is 246 Å². The Bertz CT molecular complexity index is 1730. The van der Waals surface area contributed by atoms with Crippen molar-refractivity contribution in [1.29, 1.82) is 0 Å². The molecular weight excluding hydrogens is 515 g/mol. The third-order valence-electron chi connectivity index (χ3n) is 8.99. The van der Waals surface area contributed by atoms with Crippen LogP contribution >= 0.6 is 10.0 Å². The minimum Gasteiger partial charge on any atom is -0.317 e. The number of nitrogens with zero attached hydrogens (tertiary/aromatic N) is 1. The predicted molar refractivity (Wildman–Crippen MR) is 178 cm³/mol. The molecule has 0 radical (unpaired) electrons. The van der Waals surface area contributed by atoms with Gasteiger partial charge in [-0.1, -0.05) is 92.8 Å². The largest absolute Gasteiger partial charge is 0.317 e. The minimum atomic E-state index is -1.61. The summed E-state index contributed by atoms with van der Waals surface area (Å²) in [6.07, 6.45) is 26.4. The highest BCUT2D eigenvalue weighted by Crippen LogP contribution is 2.73. The van der Waals surface area contributed by atoms with Crippen molar-refractivity contribution < 1.29 is 0 Å². The van der Waals surface area contributed by atoms with Crippen molar-refractivity contribution in [3.63, 3.8) is 0 Å². The van der Waals surface area contributed by atoms with Gasteiger partial charge >= 0.3 is 0 Å². The SMILES string of the molecule is CC(C)c1ccc(S(c2ccccc2)(c2ccc3c(c2)c2c(n3C3=CC=CCC3)CCC=C2)C2C=CC=CC2)cc1. The van der Waals surface area contributed by atoms with E-state index in [-0.39, 0.29) is 0 Å². The van der Waals surface area contributed by atoms with E-state index in [0.29, 0.717) is 11.2 Å². The molecule has 2 unspecified atom stereocenters. The summed E-state index contributed by atoms with van der Waals surface area (Å²) in [5.41, 5.74) is 7.06. The van der Waals surface area contributed by atoms with Crippen molar-refractivity contribution in [1.82, 2.24) is 4.57 Å². The van der Waals surface area contributed by atoms with Crippen molar-refractivity contribution in [2.75, 3.05) is 0 Å². The van der Waals surface area contributed by atoms with E-state index in [2.05, 4.69) is 146 Å². The van der Waals surface area contributed by atoms with Crippen molar-refractivity contribution in [2.24, 2.45) is 0 Å². The summed E-state index contributed by atoms with van der Waals surface area (Å²) in [7, 11) is -1.61. The zero-order valence-corrected chi connectivity index (χ0v) is 25.0. The van der Waals surface area contributed by atoms with E-state index in [4.69, 9.17) is 0 Å². The van der Waals surface area contributed by atoms with Crippen molar-refractivity contribution in [2.45, 2.75) is 71.8 Å². The molecule has 3 aliphatic rings. The molecule has 0 fully saturated rings. The van der Waals surface area contributed by atoms with E-state index in [0.717, 1.165) is 32.1 Å². The molecule has 3 aliphatic carbocycles. The van der Waals surface area contributed by atoms with Gasteiger partial charge in [0.2, 0.25) is 0 Å². The average molecular weight is 554 g/mol. The smallest absolute Gasteiger partial charge is 0.0535 e. The fraction of sp³-hybridized carbons (Fsp3) is 0.231. The van der Waals surface area contributed by atoms with Crippen LogP contribution < -0.4 is 0 Å². The first-order valence-corrected chi connectivity index (χ1v) is 16.9. The zero-order valence-electron chi connectivity index (χ0n) is 24.2. The first-order chi connectivity index (χ1) is 20.2. The molecule has 0 N–H and O–H groups in total. The third-order valence-corrected chi connectivity index (χ3v) is 13.3. The van der Waals surface area contributed by atoms with Crippen LogP contribution in [-0.2, 0) is 6.42 Å². The molecule has 0 spiro atoms. The van der Waals surface area contributed by atoms with E-state index < -0.39 is 10.0 Å². The molecule has 0 bridgehead atoms. The quantitative estimate of drug-likeness (QED) is 0.224. The lowest BCUT2D eigenvalue weighted by atomic mass is 10.0. The second kappa shape index (κ2) is 10.9. The Morgan fingerprint density at radius 3 is 2.27 bits per heavy atom. The number of hydrogen-bond acceptors (Lipinski definition) is 0. The fourth-order valence-corrected chi connectivity index (χ4v) is 11.3.